The smallest absolute Gasteiger partial charge is 0.315 e. The highest BCUT2D eigenvalue weighted by atomic mass is 19.1. The Bertz CT molecular complexity index is 558. The Morgan fingerprint density at radius 3 is 2.90 bits per heavy atom. The Balaban J connectivity index is 1.80. The third-order valence-electron chi connectivity index (χ3n) is 3.09. The van der Waals surface area contributed by atoms with E-state index in [1.54, 1.807) is 6.07 Å². The van der Waals surface area contributed by atoms with E-state index in [2.05, 4.69) is 27.8 Å². The second kappa shape index (κ2) is 7.73. The van der Waals surface area contributed by atoms with Crippen LogP contribution in [0, 0.1) is 5.82 Å². The Morgan fingerprint density at radius 2 is 2.14 bits per heavy atom. The third-order valence-corrected chi connectivity index (χ3v) is 3.09. The molecule has 1 heterocycles. The Hall–Kier alpha value is -1.95. The molecule has 114 valence electrons. The van der Waals surface area contributed by atoms with Crippen molar-refractivity contribution in [2.45, 2.75) is 32.7 Å². The van der Waals surface area contributed by atoms with E-state index in [0.717, 1.165) is 18.5 Å². The first-order chi connectivity index (χ1) is 10.2. The van der Waals surface area contributed by atoms with Gasteiger partial charge in [0.25, 0.3) is 0 Å². The van der Waals surface area contributed by atoms with E-state index in [4.69, 9.17) is 4.42 Å². The zero-order valence-electron chi connectivity index (χ0n) is 12.4. The first-order valence-corrected chi connectivity index (χ1v) is 7.24. The molecule has 0 fully saturated rings. The molecule has 1 atom stereocenters. The lowest BCUT2D eigenvalue weighted by molar-refractivity contribution is 0.423. The highest BCUT2D eigenvalue weighted by molar-refractivity contribution is 5.21. The van der Waals surface area contributed by atoms with Gasteiger partial charge >= 0.3 is 6.01 Å². The number of rotatable bonds is 8. The van der Waals surface area contributed by atoms with Crippen molar-refractivity contribution in [1.82, 2.24) is 15.5 Å². The van der Waals surface area contributed by atoms with Gasteiger partial charge in [-0.25, -0.2) is 4.39 Å². The molecular weight excluding hydrogens is 271 g/mol. The summed E-state index contributed by atoms with van der Waals surface area (Å²) in [7, 11) is 0. The van der Waals surface area contributed by atoms with Crippen LogP contribution in [0.5, 0.6) is 0 Å². The monoisotopic (exact) mass is 292 g/mol. The van der Waals surface area contributed by atoms with Gasteiger partial charge in [-0.15, -0.1) is 5.10 Å². The minimum atomic E-state index is -0.219. The van der Waals surface area contributed by atoms with Crippen LogP contribution in [0.4, 0.5) is 10.4 Å². The fraction of sp³-hybridized carbons (Fsp3) is 0.467. The number of halogens is 1. The fourth-order valence-electron chi connectivity index (χ4n) is 1.94. The third kappa shape index (κ3) is 4.82. The molecule has 0 aliphatic rings. The second-order valence-electron chi connectivity index (χ2n) is 4.93. The molecule has 1 unspecified atom stereocenters. The maximum Gasteiger partial charge on any atom is 0.315 e. The number of nitrogens with zero attached hydrogens (tertiary/aromatic N) is 2. The summed E-state index contributed by atoms with van der Waals surface area (Å²) in [5, 5.41) is 14.3. The Morgan fingerprint density at radius 1 is 1.29 bits per heavy atom. The molecule has 0 aliphatic heterocycles. The van der Waals surface area contributed by atoms with Crippen molar-refractivity contribution < 1.29 is 8.81 Å². The molecule has 2 aromatic rings. The van der Waals surface area contributed by atoms with E-state index in [1.807, 2.05) is 13.0 Å². The van der Waals surface area contributed by atoms with Crippen molar-refractivity contribution in [3.8, 4) is 0 Å². The number of aromatic nitrogens is 2. The minimum absolute atomic E-state index is 0.0382. The topological polar surface area (TPSA) is 63.0 Å². The van der Waals surface area contributed by atoms with Gasteiger partial charge in [-0.05, 0) is 44.0 Å². The van der Waals surface area contributed by atoms with Crippen LogP contribution in [0.1, 0.15) is 37.8 Å². The van der Waals surface area contributed by atoms with Crippen LogP contribution < -0.4 is 10.6 Å². The van der Waals surface area contributed by atoms with Crippen molar-refractivity contribution >= 4 is 6.01 Å². The summed E-state index contributed by atoms with van der Waals surface area (Å²) in [6, 6.07) is 6.99. The summed E-state index contributed by atoms with van der Waals surface area (Å²) in [6.45, 7) is 5.61. The predicted octanol–water partition coefficient (Wildman–Crippen LogP) is 2.92. The molecule has 21 heavy (non-hydrogen) atoms. The Labute approximate surface area is 124 Å². The standard InChI is InChI=1S/C15H21FN4O/c1-3-8-17-11(2)14-19-20-15(21-14)18-9-7-12-5-4-6-13(16)10-12/h4-6,10-11,17H,3,7-9H2,1-2H3,(H,18,20). The van der Waals surface area contributed by atoms with Gasteiger partial charge < -0.3 is 15.1 Å². The first-order valence-electron chi connectivity index (χ1n) is 7.24. The molecule has 0 amide bonds. The van der Waals surface area contributed by atoms with Crippen LogP contribution in [0.3, 0.4) is 0 Å². The van der Waals surface area contributed by atoms with Crippen LogP contribution in [0.2, 0.25) is 0 Å². The van der Waals surface area contributed by atoms with Crippen molar-refractivity contribution in [2.24, 2.45) is 0 Å². The van der Waals surface area contributed by atoms with Crippen molar-refractivity contribution in [3.05, 3.63) is 41.5 Å². The van der Waals surface area contributed by atoms with Gasteiger partial charge in [0.1, 0.15) is 5.82 Å². The van der Waals surface area contributed by atoms with E-state index in [-0.39, 0.29) is 11.9 Å². The highest BCUT2D eigenvalue weighted by Crippen LogP contribution is 2.13. The molecule has 0 saturated heterocycles. The quantitative estimate of drug-likeness (QED) is 0.783. The van der Waals surface area contributed by atoms with Crippen molar-refractivity contribution in [2.75, 3.05) is 18.4 Å². The number of hydrogen-bond acceptors (Lipinski definition) is 5. The molecule has 1 aromatic heterocycles. The average Bonchev–Trinajstić information content (AvgIpc) is 2.94. The molecule has 2 rings (SSSR count). The molecule has 5 nitrogen and oxygen atoms in total. The molecular formula is C15H21FN4O. The van der Waals surface area contributed by atoms with Crippen LogP contribution in [-0.2, 0) is 6.42 Å². The van der Waals surface area contributed by atoms with E-state index in [0.29, 0.717) is 24.9 Å². The lowest BCUT2D eigenvalue weighted by Gasteiger charge is -2.07. The number of nitrogens with one attached hydrogen (secondary N) is 2. The molecule has 0 aliphatic carbocycles. The van der Waals surface area contributed by atoms with Gasteiger partial charge in [0.15, 0.2) is 0 Å². The van der Waals surface area contributed by atoms with Crippen molar-refractivity contribution in [3.63, 3.8) is 0 Å². The molecule has 0 saturated carbocycles. The van der Waals surface area contributed by atoms with E-state index >= 15 is 0 Å². The lowest BCUT2D eigenvalue weighted by Crippen LogP contribution is -2.19. The first kappa shape index (κ1) is 15.4. The number of benzene rings is 1. The molecule has 6 heteroatoms. The SMILES string of the molecule is CCCNC(C)c1nnc(NCCc2cccc(F)c2)o1. The van der Waals surface area contributed by atoms with Crippen molar-refractivity contribution in [1.29, 1.82) is 0 Å². The van der Waals surface area contributed by atoms with Gasteiger partial charge in [0.2, 0.25) is 5.89 Å². The van der Waals surface area contributed by atoms with Crippen LogP contribution in [0.25, 0.3) is 0 Å². The highest BCUT2D eigenvalue weighted by Gasteiger charge is 2.12. The Kier molecular flexibility index (Phi) is 5.68. The maximum atomic E-state index is 13.0. The van der Waals surface area contributed by atoms with Crippen LogP contribution in [0.15, 0.2) is 28.7 Å². The lowest BCUT2D eigenvalue weighted by atomic mass is 10.1. The fourth-order valence-corrected chi connectivity index (χ4v) is 1.94. The summed E-state index contributed by atoms with van der Waals surface area (Å²) >= 11 is 0. The zero-order valence-corrected chi connectivity index (χ0v) is 12.4. The summed E-state index contributed by atoms with van der Waals surface area (Å²) in [5.41, 5.74) is 0.931. The second-order valence-corrected chi connectivity index (χ2v) is 4.93. The zero-order chi connectivity index (χ0) is 15.1. The number of hydrogen-bond donors (Lipinski definition) is 2. The van der Waals surface area contributed by atoms with Gasteiger partial charge in [0, 0.05) is 6.54 Å². The summed E-state index contributed by atoms with van der Waals surface area (Å²) < 4.78 is 18.6. The largest absolute Gasteiger partial charge is 0.406 e. The summed E-state index contributed by atoms with van der Waals surface area (Å²) in [4.78, 5) is 0. The summed E-state index contributed by atoms with van der Waals surface area (Å²) in [6.07, 6.45) is 1.75. The van der Waals surface area contributed by atoms with Gasteiger partial charge in [-0.3, -0.25) is 0 Å². The van der Waals surface area contributed by atoms with Gasteiger partial charge in [-0.1, -0.05) is 24.2 Å². The van der Waals surface area contributed by atoms with E-state index in [9.17, 15) is 4.39 Å². The van der Waals surface area contributed by atoms with Crippen LogP contribution >= 0.6 is 0 Å². The summed E-state index contributed by atoms with van der Waals surface area (Å²) in [5.74, 6) is 0.347. The van der Waals surface area contributed by atoms with E-state index < -0.39 is 0 Å². The molecule has 1 aromatic carbocycles. The predicted molar refractivity (Wildman–Crippen MR) is 79.6 cm³/mol. The van der Waals surface area contributed by atoms with Gasteiger partial charge in [0.05, 0.1) is 6.04 Å². The van der Waals surface area contributed by atoms with Gasteiger partial charge in [-0.2, -0.15) is 0 Å². The van der Waals surface area contributed by atoms with Crippen LogP contribution in [-0.4, -0.2) is 23.3 Å². The van der Waals surface area contributed by atoms with E-state index in [1.165, 1.54) is 12.1 Å². The number of anilines is 1. The molecule has 0 spiro atoms. The minimum Gasteiger partial charge on any atom is -0.406 e. The average molecular weight is 292 g/mol. The molecule has 0 bridgehead atoms. The molecule has 2 N–H and O–H groups in total. The maximum absolute atomic E-state index is 13.0. The normalized spacial score (nSPS) is 12.3. The molecule has 0 radical (unpaired) electrons.